The Hall–Kier alpha value is -0.810. The van der Waals surface area contributed by atoms with Crippen LogP contribution in [-0.4, -0.2) is 33.3 Å². The molecule has 1 aromatic heterocycles. The van der Waals surface area contributed by atoms with E-state index in [1.54, 1.807) is 32.0 Å². The highest BCUT2D eigenvalue weighted by molar-refractivity contribution is 7.84. The summed E-state index contributed by atoms with van der Waals surface area (Å²) in [5, 5.41) is 0. The predicted molar refractivity (Wildman–Crippen MR) is 50.7 cm³/mol. The van der Waals surface area contributed by atoms with Gasteiger partial charge in [0.2, 0.25) is 0 Å². The molecule has 0 radical (unpaired) electrons. The molecule has 0 saturated carbocycles. The first-order chi connectivity index (χ1) is 6.24. The number of rotatable bonds is 4. The molecule has 0 unspecified atom stereocenters. The largest absolute Gasteiger partial charge is 0.374 e. The summed E-state index contributed by atoms with van der Waals surface area (Å²) in [5.41, 5.74) is 0.722. The second kappa shape index (κ2) is 5.04. The Bertz CT molecular complexity index is 279. The SMILES string of the molecule is CO[C@H](C[S@](C)=O)c1cnccn1. The van der Waals surface area contributed by atoms with Crippen molar-refractivity contribution in [2.45, 2.75) is 6.10 Å². The van der Waals surface area contributed by atoms with E-state index in [-0.39, 0.29) is 6.10 Å². The number of hydrogen-bond donors (Lipinski definition) is 0. The van der Waals surface area contributed by atoms with Gasteiger partial charge in [-0.25, -0.2) is 0 Å². The number of aromatic nitrogens is 2. The van der Waals surface area contributed by atoms with Gasteiger partial charge in [0.1, 0.15) is 6.10 Å². The molecular formula is C8H12N2O2S. The summed E-state index contributed by atoms with van der Waals surface area (Å²) in [5.74, 6) is 0.454. The van der Waals surface area contributed by atoms with Gasteiger partial charge in [0.15, 0.2) is 0 Å². The fourth-order valence-corrected chi connectivity index (χ4v) is 1.70. The van der Waals surface area contributed by atoms with Crippen molar-refractivity contribution in [1.29, 1.82) is 0 Å². The monoisotopic (exact) mass is 200 g/mol. The number of hydrogen-bond acceptors (Lipinski definition) is 4. The van der Waals surface area contributed by atoms with E-state index in [4.69, 9.17) is 4.74 Å². The van der Waals surface area contributed by atoms with Crippen molar-refractivity contribution >= 4 is 10.8 Å². The maximum Gasteiger partial charge on any atom is 0.112 e. The van der Waals surface area contributed by atoms with Crippen LogP contribution in [0, 0.1) is 0 Å². The first-order valence-electron chi connectivity index (χ1n) is 3.82. The fourth-order valence-electron chi connectivity index (χ4n) is 0.964. The molecule has 0 fully saturated rings. The lowest BCUT2D eigenvalue weighted by Crippen LogP contribution is -2.12. The Morgan fingerprint density at radius 1 is 1.62 bits per heavy atom. The topological polar surface area (TPSA) is 52.1 Å². The minimum atomic E-state index is -0.889. The fraction of sp³-hybridized carbons (Fsp3) is 0.500. The molecule has 13 heavy (non-hydrogen) atoms. The maximum absolute atomic E-state index is 11.0. The molecule has 2 atom stereocenters. The van der Waals surface area contributed by atoms with Gasteiger partial charge in [0.25, 0.3) is 0 Å². The van der Waals surface area contributed by atoms with E-state index in [2.05, 4.69) is 9.97 Å². The van der Waals surface area contributed by atoms with Gasteiger partial charge in [-0.15, -0.1) is 0 Å². The highest BCUT2D eigenvalue weighted by Crippen LogP contribution is 2.12. The molecule has 0 N–H and O–H groups in total. The summed E-state index contributed by atoms with van der Waals surface area (Å²) in [6.45, 7) is 0. The molecule has 0 bridgehead atoms. The molecule has 0 saturated heterocycles. The van der Waals surface area contributed by atoms with Gasteiger partial charge in [-0.05, 0) is 0 Å². The Morgan fingerprint density at radius 2 is 2.38 bits per heavy atom. The average Bonchev–Trinajstić information content (AvgIpc) is 2.15. The Morgan fingerprint density at radius 3 is 2.85 bits per heavy atom. The minimum absolute atomic E-state index is 0.223. The zero-order chi connectivity index (χ0) is 9.68. The standard InChI is InChI=1S/C8H12N2O2S/c1-12-8(6-13(2)11)7-5-9-3-4-10-7/h3-5,8H,6H2,1-2H3/t8-,13+/m1/s1. The molecule has 0 aliphatic carbocycles. The highest BCUT2D eigenvalue weighted by atomic mass is 32.2. The molecule has 0 aliphatic heterocycles. The lowest BCUT2D eigenvalue weighted by molar-refractivity contribution is 0.119. The van der Waals surface area contributed by atoms with Crippen molar-refractivity contribution < 1.29 is 8.95 Å². The van der Waals surface area contributed by atoms with E-state index in [9.17, 15) is 4.21 Å². The van der Waals surface area contributed by atoms with Crippen LogP contribution < -0.4 is 0 Å². The van der Waals surface area contributed by atoms with E-state index >= 15 is 0 Å². The van der Waals surface area contributed by atoms with Crippen LogP contribution in [0.1, 0.15) is 11.8 Å². The number of nitrogens with zero attached hydrogens (tertiary/aromatic N) is 2. The van der Waals surface area contributed by atoms with E-state index in [1.165, 1.54) is 0 Å². The third-order valence-corrected chi connectivity index (χ3v) is 2.36. The molecule has 0 aromatic carbocycles. The summed E-state index contributed by atoms with van der Waals surface area (Å²) in [6, 6.07) is 0. The van der Waals surface area contributed by atoms with Crippen LogP contribution in [0.2, 0.25) is 0 Å². The van der Waals surface area contributed by atoms with Gasteiger partial charge >= 0.3 is 0 Å². The van der Waals surface area contributed by atoms with Gasteiger partial charge < -0.3 is 4.74 Å². The smallest absolute Gasteiger partial charge is 0.112 e. The van der Waals surface area contributed by atoms with Gasteiger partial charge in [-0.3, -0.25) is 14.2 Å². The van der Waals surface area contributed by atoms with Crippen LogP contribution in [-0.2, 0) is 15.5 Å². The summed E-state index contributed by atoms with van der Waals surface area (Å²) in [6.07, 6.45) is 6.24. The summed E-state index contributed by atoms with van der Waals surface area (Å²) < 4.78 is 16.1. The van der Waals surface area contributed by atoms with Gasteiger partial charge in [0, 0.05) is 36.6 Å². The van der Waals surface area contributed by atoms with Crippen LogP contribution >= 0.6 is 0 Å². The second-order valence-electron chi connectivity index (χ2n) is 2.59. The molecule has 4 nitrogen and oxygen atoms in total. The van der Waals surface area contributed by atoms with Gasteiger partial charge in [0.05, 0.1) is 17.6 Å². The zero-order valence-corrected chi connectivity index (χ0v) is 8.45. The first-order valence-corrected chi connectivity index (χ1v) is 5.55. The second-order valence-corrected chi connectivity index (χ2v) is 4.07. The van der Waals surface area contributed by atoms with Crippen LogP contribution in [0.3, 0.4) is 0 Å². The maximum atomic E-state index is 11.0. The van der Waals surface area contributed by atoms with E-state index in [1.807, 2.05) is 0 Å². The summed E-state index contributed by atoms with van der Waals surface area (Å²) in [4.78, 5) is 8.00. The van der Waals surface area contributed by atoms with Crippen molar-refractivity contribution in [2.75, 3.05) is 19.1 Å². The first kappa shape index (κ1) is 10.3. The molecule has 72 valence electrons. The Balaban J connectivity index is 2.73. The van der Waals surface area contributed by atoms with Crippen molar-refractivity contribution in [1.82, 2.24) is 9.97 Å². The van der Waals surface area contributed by atoms with E-state index in [0.29, 0.717) is 5.75 Å². The molecule has 0 spiro atoms. The lowest BCUT2D eigenvalue weighted by Gasteiger charge is -2.11. The minimum Gasteiger partial charge on any atom is -0.374 e. The van der Waals surface area contributed by atoms with E-state index in [0.717, 1.165) is 5.69 Å². The molecule has 0 aliphatic rings. The highest BCUT2D eigenvalue weighted by Gasteiger charge is 2.13. The van der Waals surface area contributed by atoms with Crippen molar-refractivity contribution in [3.05, 3.63) is 24.3 Å². The number of ether oxygens (including phenoxy) is 1. The third kappa shape index (κ3) is 3.20. The molecule has 5 heteroatoms. The molecule has 1 rings (SSSR count). The molecule has 1 aromatic rings. The van der Waals surface area contributed by atoms with Gasteiger partial charge in [-0.2, -0.15) is 0 Å². The van der Waals surface area contributed by atoms with Crippen molar-refractivity contribution in [3.8, 4) is 0 Å². The number of methoxy groups -OCH3 is 1. The Labute approximate surface area is 79.8 Å². The lowest BCUT2D eigenvalue weighted by atomic mass is 10.3. The normalized spacial score (nSPS) is 15.2. The summed E-state index contributed by atoms with van der Waals surface area (Å²) >= 11 is 0. The predicted octanol–water partition coefficient (Wildman–Crippen LogP) is 0.543. The molecule has 0 amide bonds. The Kier molecular flexibility index (Phi) is 3.98. The van der Waals surface area contributed by atoms with E-state index < -0.39 is 10.8 Å². The van der Waals surface area contributed by atoms with Crippen molar-refractivity contribution in [3.63, 3.8) is 0 Å². The van der Waals surface area contributed by atoms with Crippen LogP contribution in [0.15, 0.2) is 18.6 Å². The quantitative estimate of drug-likeness (QED) is 0.712. The summed E-state index contributed by atoms with van der Waals surface area (Å²) in [7, 11) is 0.687. The van der Waals surface area contributed by atoms with Crippen LogP contribution in [0.25, 0.3) is 0 Å². The third-order valence-electron chi connectivity index (χ3n) is 1.58. The zero-order valence-electron chi connectivity index (χ0n) is 7.64. The molecular weight excluding hydrogens is 188 g/mol. The van der Waals surface area contributed by atoms with Crippen LogP contribution in [0.5, 0.6) is 0 Å². The average molecular weight is 200 g/mol. The van der Waals surface area contributed by atoms with Crippen LogP contribution in [0.4, 0.5) is 0 Å². The van der Waals surface area contributed by atoms with Gasteiger partial charge in [-0.1, -0.05) is 0 Å². The molecule has 1 heterocycles. The van der Waals surface area contributed by atoms with Crippen molar-refractivity contribution in [2.24, 2.45) is 0 Å².